The Balaban J connectivity index is 1.30. The molecule has 2 saturated carbocycles. The highest BCUT2D eigenvalue weighted by Gasteiger charge is 2.64. The number of carbonyl (C=O) groups is 1. The van der Waals surface area contributed by atoms with Gasteiger partial charge in [-0.3, -0.25) is 4.79 Å². The molecule has 3 fully saturated rings. The Labute approximate surface area is 255 Å². The van der Waals surface area contributed by atoms with Crippen molar-refractivity contribution in [3.8, 4) is 5.75 Å². The summed E-state index contributed by atoms with van der Waals surface area (Å²) in [5.74, 6) is 2.65. The first-order chi connectivity index (χ1) is 20.3. The average molecular weight is 576 g/mol. The normalized spacial score (nSPS) is 29.2. The fourth-order valence-electron chi connectivity index (χ4n) is 8.64. The standard InChI is InChI=1S/C37H54N2O3/c1-29(2)26-39(27-31-18-19-31)23-22-36(32-15-11-16-34(24-32)41-3)25-33(20-21-37(36,28-39)42-4)38-35(40)17-10-6-9-14-30-12-7-5-8-13-30/h5,7-8,11-13,15-16,24,29,31,33H,6,9-10,14,17-23,25-28H2,1-4H3/p+1/t33-,36+,37?,39-/m0/s1. The van der Waals surface area contributed by atoms with Crippen LogP contribution in [-0.2, 0) is 21.4 Å². The summed E-state index contributed by atoms with van der Waals surface area (Å²) in [6, 6.07) is 19.5. The first-order valence-corrected chi connectivity index (χ1v) is 16.7. The zero-order valence-electron chi connectivity index (χ0n) is 26.7. The summed E-state index contributed by atoms with van der Waals surface area (Å²) in [5.41, 5.74) is 2.30. The van der Waals surface area contributed by atoms with Crippen LogP contribution < -0.4 is 10.1 Å². The SMILES string of the molecule is COc1cccc([C@]23CC[N@+](CC(C)C)(CC4CC4)CC2(OC)CC[C@H](NC(=O)CCCCCc2ccccc2)C3)c1. The Bertz CT molecular complexity index is 1160. The van der Waals surface area contributed by atoms with Crippen molar-refractivity contribution in [1.82, 2.24) is 5.32 Å². The van der Waals surface area contributed by atoms with Crippen molar-refractivity contribution in [3.05, 3.63) is 65.7 Å². The van der Waals surface area contributed by atoms with Gasteiger partial charge in [-0.05, 0) is 74.6 Å². The molecular formula is C37H55N2O3+. The predicted octanol–water partition coefficient (Wildman–Crippen LogP) is 7.08. The van der Waals surface area contributed by atoms with Crippen LogP contribution in [0.3, 0.4) is 0 Å². The van der Waals surface area contributed by atoms with Crippen molar-refractivity contribution in [1.29, 1.82) is 0 Å². The van der Waals surface area contributed by atoms with E-state index < -0.39 is 0 Å². The van der Waals surface area contributed by atoms with Crippen LogP contribution in [0.1, 0.15) is 89.2 Å². The molecule has 1 heterocycles. The molecule has 5 nitrogen and oxygen atoms in total. The number of rotatable bonds is 14. The van der Waals surface area contributed by atoms with Crippen molar-refractivity contribution >= 4 is 5.91 Å². The third kappa shape index (κ3) is 7.05. The smallest absolute Gasteiger partial charge is 0.220 e. The van der Waals surface area contributed by atoms with Gasteiger partial charge in [0.05, 0.1) is 26.7 Å². The van der Waals surface area contributed by atoms with Gasteiger partial charge in [-0.15, -0.1) is 0 Å². The number of piperidine rings is 1. The van der Waals surface area contributed by atoms with Crippen LogP contribution in [-0.4, -0.2) is 62.4 Å². The summed E-state index contributed by atoms with van der Waals surface area (Å²) >= 11 is 0. The fourth-order valence-corrected chi connectivity index (χ4v) is 8.64. The second-order valence-corrected chi connectivity index (χ2v) is 14.2. The van der Waals surface area contributed by atoms with E-state index in [1.54, 1.807) is 7.11 Å². The number of benzene rings is 2. The Morgan fingerprint density at radius 2 is 1.81 bits per heavy atom. The molecule has 0 bridgehead atoms. The zero-order valence-corrected chi connectivity index (χ0v) is 26.7. The van der Waals surface area contributed by atoms with Gasteiger partial charge in [-0.1, -0.05) is 62.7 Å². The van der Waals surface area contributed by atoms with Gasteiger partial charge in [0.2, 0.25) is 5.91 Å². The summed E-state index contributed by atoms with van der Waals surface area (Å²) in [6.07, 6.45) is 11.6. The lowest BCUT2D eigenvalue weighted by atomic mass is 9.54. The fraction of sp³-hybridized carbons (Fsp3) is 0.649. The number of quaternary nitrogens is 1. The number of nitrogens with zero attached hydrogens (tertiary/aromatic N) is 1. The monoisotopic (exact) mass is 575 g/mol. The van der Waals surface area contributed by atoms with Gasteiger partial charge in [-0.25, -0.2) is 0 Å². The van der Waals surface area contributed by atoms with E-state index in [1.165, 1.54) is 48.1 Å². The summed E-state index contributed by atoms with van der Waals surface area (Å²) < 4.78 is 13.7. The second-order valence-electron chi connectivity index (χ2n) is 14.2. The molecule has 1 aliphatic heterocycles. The van der Waals surface area contributed by atoms with E-state index in [4.69, 9.17) is 9.47 Å². The third-order valence-corrected chi connectivity index (χ3v) is 10.7. The molecular weight excluding hydrogens is 520 g/mol. The van der Waals surface area contributed by atoms with E-state index in [1.807, 2.05) is 13.2 Å². The maximum Gasteiger partial charge on any atom is 0.220 e. The molecule has 230 valence electrons. The molecule has 5 heteroatoms. The molecule has 4 atom stereocenters. The number of aryl methyl sites for hydroxylation is 1. The molecule has 1 amide bonds. The lowest BCUT2D eigenvalue weighted by Crippen LogP contribution is -2.73. The van der Waals surface area contributed by atoms with E-state index >= 15 is 0 Å². The van der Waals surface area contributed by atoms with Crippen molar-refractivity contribution in [3.63, 3.8) is 0 Å². The number of fused-ring (bicyclic) bond motifs is 1. The topological polar surface area (TPSA) is 47.6 Å². The van der Waals surface area contributed by atoms with Gasteiger partial charge in [0.15, 0.2) is 0 Å². The molecule has 5 rings (SSSR count). The molecule has 3 aliphatic rings. The highest BCUT2D eigenvalue weighted by Crippen LogP contribution is 2.56. The molecule has 2 aromatic carbocycles. The number of hydrogen-bond donors (Lipinski definition) is 1. The molecule has 0 aromatic heterocycles. The molecule has 1 saturated heterocycles. The highest BCUT2D eigenvalue weighted by molar-refractivity contribution is 5.76. The van der Waals surface area contributed by atoms with Crippen LogP contribution in [0, 0.1) is 11.8 Å². The minimum atomic E-state index is -0.250. The van der Waals surface area contributed by atoms with Gasteiger partial charge in [0.25, 0.3) is 0 Å². The van der Waals surface area contributed by atoms with Crippen LogP contribution in [0.4, 0.5) is 0 Å². The second kappa shape index (κ2) is 13.5. The van der Waals surface area contributed by atoms with Crippen LogP contribution in [0.5, 0.6) is 5.75 Å². The number of carbonyl (C=O) groups excluding carboxylic acids is 1. The first kappa shape index (κ1) is 31.1. The van der Waals surface area contributed by atoms with Gasteiger partial charge in [0.1, 0.15) is 17.9 Å². The van der Waals surface area contributed by atoms with E-state index in [-0.39, 0.29) is 23.0 Å². The number of nitrogens with one attached hydrogen (secondary N) is 1. The van der Waals surface area contributed by atoms with E-state index in [9.17, 15) is 4.79 Å². The number of ether oxygens (including phenoxy) is 2. The van der Waals surface area contributed by atoms with E-state index in [2.05, 4.69) is 67.7 Å². The van der Waals surface area contributed by atoms with E-state index in [0.29, 0.717) is 12.3 Å². The molecule has 2 aromatic rings. The highest BCUT2D eigenvalue weighted by atomic mass is 16.5. The van der Waals surface area contributed by atoms with Crippen molar-refractivity contribution < 1.29 is 18.8 Å². The van der Waals surface area contributed by atoms with E-state index in [0.717, 1.165) is 69.6 Å². The Morgan fingerprint density at radius 3 is 2.52 bits per heavy atom. The van der Waals surface area contributed by atoms with Crippen LogP contribution >= 0.6 is 0 Å². The molecule has 1 N–H and O–H groups in total. The minimum Gasteiger partial charge on any atom is -0.497 e. The molecule has 42 heavy (non-hydrogen) atoms. The Morgan fingerprint density at radius 1 is 1.00 bits per heavy atom. The number of unbranched alkanes of at least 4 members (excludes halogenated alkanes) is 2. The summed E-state index contributed by atoms with van der Waals surface area (Å²) in [5, 5.41) is 3.49. The van der Waals surface area contributed by atoms with Gasteiger partial charge in [0, 0.05) is 43.2 Å². The molecule has 2 aliphatic carbocycles. The van der Waals surface area contributed by atoms with Gasteiger partial charge >= 0.3 is 0 Å². The maximum absolute atomic E-state index is 13.2. The zero-order chi connectivity index (χ0) is 29.6. The van der Waals surface area contributed by atoms with Crippen molar-refractivity contribution in [2.24, 2.45) is 11.8 Å². The summed E-state index contributed by atoms with van der Waals surface area (Å²) in [6.45, 7) is 9.52. The van der Waals surface area contributed by atoms with Crippen LogP contribution in [0.2, 0.25) is 0 Å². The van der Waals surface area contributed by atoms with Crippen LogP contribution in [0.15, 0.2) is 54.6 Å². The summed E-state index contributed by atoms with van der Waals surface area (Å²) in [4.78, 5) is 13.2. The third-order valence-electron chi connectivity index (χ3n) is 10.7. The molecule has 0 radical (unpaired) electrons. The predicted molar refractivity (Wildman–Crippen MR) is 171 cm³/mol. The van der Waals surface area contributed by atoms with Gasteiger partial charge in [-0.2, -0.15) is 0 Å². The largest absolute Gasteiger partial charge is 0.497 e. The quantitative estimate of drug-likeness (QED) is 0.194. The lowest BCUT2D eigenvalue weighted by Gasteiger charge is -2.62. The maximum atomic E-state index is 13.2. The molecule has 0 spiro atoms. The Hall–Kier alpha value is -2.37. The first-order valence-electron chi connectivity index (χ1n) is 16.7. The number of hydrogen-bond acceptors (Lipinski definition) is 3. The summed E-state index contributed by atoms with van der Waals surface area (Å²) in [7, 11) is 3.71. The number of amides is 1. The van der Waals surface area contributed by atoms with Crippen molar-refractivity contribution in [2.75, 3.05) is 40.4 Å². The Kier molecular flexibility index (Phi) is 9.99. The minimum absolute atomic E-state index is 0.148. The number of likely N-dealkylation sites (tertiary alicyclic amines) is 1. The molecule has 1 unspecified atom stereocenters. The van der Waals surface area contributed by atoms with Crippen molar-refractivity contribution in [2.45, 2.75) is 102 Å². The average Bonchev–Trinajstić information content (AvgIpc) is 3.81. The van der Waals surface area contributed by atoms with Crippen LogP contribution in [0.25, 0.3) is 0 Å². The number of methoxy groups -OCH3 is 2. The lowest BCUT2D eigenvalue weighted by molar-refractivity contribution is -0.945. The van der Waals surface area contributed by atoms with Gasteiger partial charge < -0.3 is 19.3 Å².